The molecule has 1 N–H and O–H groups in total. The summed E-state index contributed by atoms with van der Waals surface area (Å²) >= 11 is 0. The highest BCUT2D eigenvalue weighted by Crippen LogP contribution is 2.07. The number of hydrogen-bond acceptors (Lipinski definition) is 4. The summed E-state index contributed by atoms with van der Waals surface area (Å²) in [4.78, 5) is 14.0. The standard InChI is InChI=1S/C11H22N4O3/c1-11(2,3)18-10(16)13-7-5-9(17-4)6-8-14-15-12/h9H,5-8H2,1-4H3,(H,13,16). The van der Waals surface area contributed by atoms with Gasteiger partial charge in [0.05, 0.1) is 6.10 Å². The van der Waals surface area contributed by atoms with Gasteiger partial charge in [-0.25, -0.2) is 4.79 Å². The first-order valence-corrected chi connectivity index (χ1v) is 5.89. The van der Waals surface area contributed by atoms with Crippen molar-refractivity contribution in [2.75, 3.05) is 20.2 Å². The molecule has 0 spiro atoms. The van der Waals surface area contributed by atoms with Crippen molar-refractivity contribution in [1.29, 1.82) is 0 Å². The highest BCUT2D eigenvalue weighted by molar-refractivity contribution is 5.67. The van der Waals surface area contributed by atoms with E-state index in [1.54, 1.807) is 7.11 Å². The highest BCUT2D eigenvalue weighted by Gasteiger charge is 2.16. The molecule has 0 aliphatic carbocycles. The number of hydrogen-bond donors (Lipinski definition) is 1. The van der Waals surface area contributed by atoms with Crippen LogP contribution >= 0.6 is 0 Å². The molecule has 0 bridgehead atoms. The van der Waals surface area contributed by atoms with Crippen LogP contribution < -0.4 is 5.32 Å². The van der Waals surface area contributed by atoms with Gasteiger partial charge in [-0.15, -0.1) is 0 Å². The Morgan fingerprint density at radius 1 is 1.44 bits per heavy atom. The lowest BCUT2D eigenvalue weighted by Crippen LogP contribution is -2.34. The van der Waals surface area contributed by atoms with Crippen LogP contribution in [0.4, 0.5) is 4.79 Å². The average Bonchev–Trinajstić information content (AvgIpc) is 2.24. The zero-order chi connectivity index (χ0) is 14.0. The van der Waals surface area contributed by atoms with Crippen molar-refractivity contribution in [2.24, 2.45) is 5.11 Å². The number of rotatable bonds is 7. The summed E-state index contributed by atoms with van der Waals surface area (Å²) in [6.07, 6.45) is 0.811. The molecule has 0 aromatic heterocycles. The van der Waals surface area contributed by atoms with Gasteiger partial charge in [0, 0.05) is 25.1 Å². The minimum absolute atomic E-state index is 0.0366. The number of alkyl carbamates (subject to hydrolysis) is 1. The second-order valence-corrected chi connectivity index (χ2v) is 4.82. The van der Waals surface area contributed by atoms with E-state index < -0.39 is 11.7 Å². The van der Waals surface area contributed by atoms with Gasteiger partial charge in [-0.3, -0.25) is 0 Å². The van der Waals surface area contributed by atoms with E-state index in [4.69, 9.17) is 15.0 Å². The largest absolute Gasteiger partial charge is 0.444 e. The van der Waals surface area contributed by atoms with E-state index in [9.17, 15) is 4.79 Å². The Morgan fingerprint density at radius 3 is 2.61 bits per heavy atom. The van der Waals surface area contributed by atoms with Crippen LogP contribution in [-0.4, -0.2) is 38.0 Å². The maximum absolute atomic E-state index is 11.3. The molecule has 0 aromatic rings. The number of ether oxygens (including phenoxy) is 2. The van der Waals surface area contributed by atoms with Crippen LogP contribution in [0.25, 0.3) is 10.4 Å². The molecular weight excluding hydrogens is 236 g/mol. The Kier molecular flexibility index (Phi) is 7.91. The molecule has 0 saturated heterocycles. The molecule has 104 valence electrons. The third-order valence-electron chi connectivity index (χ3n) is 2.08. The fraction of sp³-hybridized carbons (Fsp3) is 0.909. The van der Waals surface area contributed by atoms with Crippen molar-refractivity contribution in [3.05, 3.63) is 10.4 Å². The third-order valence-corrected chi connectivity index (χ3v) is 2.08. The predicted octanol–water partition coefficient (Wildman–Crippen LogP) is 2.62. The van der Waals surface area contributed by atoms with Gasteiger partial charge in [-0.2, -0.15) is 0 Å². The second kappa shape index (κ2) is 8.60. The van der Waals surface area contributed by atoms with Gasteiger partial charge >= 0.3 is 6.09 Å². The molecule has 0 aliphatic rings. The van der Waals surface area contributed by atoms with Crippen LogP contribution in [0.5, 0.6) is 0 Å². The Bertz CT molecular complexity index is 295. The number of methoxy groups -OCH3 is 1. The predicted molar refractivity (Wildman–Crippen MR) is 68.3 cm³/mol. The number of nitrogens with one attached hydrogen (secondary N) is 1. The topological polar surface area (TPSA) is 96.3 Å². The van der Waals surface area contributed by atoms with Gasteiger partial charge in [0.1, 0.15) is 5.60 Å². The molecular formula is C11H22N4O3. The summed E-state index contributed by atoms with van der Waals surface area (Å²) in [6, 6.07) is 0. The van der Waals surface area contributed by atoms with E-state index in [0.29, 0.717) is 25.9 Å². The maximum atomic E-state index is 11.3. The number of amides is 1. The summed E-state index contributed by atoms with van der Waals surface area (Å²) in [5.41, 5.74) is 7.66. The fourth-order valence-corrected chi connectivity index (χ4v) is 1.28. The van der Waals surface area contributed by atoms with Gasteiger partial charge in [-0.1, -0.05) is 5.11 Å². The van der Waals surface area contributed by atoms with Crippen LogP contribution in [-0.2, 0) is 9.47 Å². The Morgan fingerprint density at radius 2 is 2.11 bits per heavy atom. The van der Waals surface area contributed by atoms with E-state index in [1.165, 1.54) is 0 Å². The van der Waals surface area contributed by atoms with E-state index in [1.807, 2.05) is 20.8 Å². The molecule has 18 heavy (non-hydrogen) atoms. The van der Waals surface area contributed by atoms with Crippen LogP contribution in [0, 0.1) is 0 Å². The van der Waals surface area contributed by atoms with E-state index in [0.717, 1.165) is 0 Å². The fourth-order valence-electron chi connectivity index (χ4n) is 1.28. The highest BCUT2D eigenvalue weighted by atomic mass is 16.6. The SMILES string of the molecule is COC(CCN=[N+]=[N-])CCNC(=O)OC(C)(C)C. The van der Waals surface area contributed by atoms with Crippen molar-refractivity contribution >= 4 is 6.09 Å². The van der Waals surface area contributed by atoms with Crippen molar-refractivity contribution in [1.82, 2.24) is 5.32 Å². The molecule has 7 nitrogen and oxygen atoms in total. The zero-order valence-corrected chi connectivity index (χ0v) is 11.5. The number of carbonyl (C=O) groups excluding carboxylic acids is 1. The number of nitrogens with zero attached hydrogens (tertiary/aromatic N) is 3. The second-order valence-electron chi connectivity index (χ2n) is 4.82. The normalized spacial score (nSPS) is 12.4. The summed E-state index contributed by atoms with van der Waals surface area (Å²) in [5, 5.41) is 6.09. The molecule has 0 fully saturated rings. The lowest BCUT2D eigenvalue weighted by atomic mass is 10.2. The van der Waals surface area contributed by atoms with Gasteiger partial charge in [0.25, 0.3) is 0 Å². The monoisotopic (exact) mass is 258 g/mol. The molecule has 0 aromatic carbocycles. The van der Waals surface area contributed by atoms with E-state index in [-0.39, 0.29) is 6.10 Å². The molecule has 0 aliphatic heterocycles. The van der Waals surface area contributed by atoms with Gasteiger partial charge in [0.2, 0.25) is 0 Å². The first-order chi connectivity index (χ1) is 8.39. The smallest absolute Gasteiger partial charge is 0.407 e. The Hall–Kier alpha value is -1.46. The number of carbonyl (C=O) groups is 1. The molecule has 0 rings (SSSR count). The van der Waals surface area contributed by atoms with Crippen LogP contribution in [0.15, 0.2) is 5.11 Å². The molecule has 1 amide bonds. The lowest BCUT2D eigenvalue weighted by Gasteiger charge is -2.20. The van der Waals surface area contributed by atoms with E-state index in [2.05, 4.69) is 15.3 Å². The van der Waals surface area contributed by atoms with Gasteiger partial charge < -0.3 is 14.8 Å². The lowest BCUT2D eigenvalue weighted by molar-refractivity contribution is 0.0502. The third kappa shape index (κ3) is 9.74. The van der Waals surface area contributed by atoms with E-state index >= 15 is 0 Å². The molecule has 1 atom stereocenters. The van der Waals surface area contributed by atoms with Gasteiger partial charge in [0.15, 0.2) is 0 Å². The summed E-state index contributed by atoms with van der Waals surface area (Å²) in [5.74, 6) is 0. The van der Waals surface area contributed by atoms with Crippen LogP contribution in [0.2, 0.25) is 0 Å². The summed E-state index contributed by atoms with van der Waals surface area (Å²) in [7, 11) is 1.59. The molecule has 1 unspecified atom stereocenters. The quantitative estimate of drug-likeness (QED) is 0.432. The van der Waals surface area contributed by atoms with Crippen LogP contribution in [0.3, 0.4) is 0 Å². The average molecular weight is 258 g/mol. The van der Waals surface area contributed by atoms with Crippen molar-refractivity contribution < 1.29 is 14.3 Å². The van der Waals surface area contributed by atoms with Crippen molar-refractivity contribution in [3.63, 3.8) is 0 Å². The Balaban J connectivity index is 3.79. The zero-order valence-electron chi connectivity index (χ0n) is 11.5. The first-order valence-electron chi connectivity index (χ1n) is 5.89. The first kappa shape index (κ1) is 16.5. The summed E-state index contributed by atoms with van der Waals surface area (Å²) < 4.78 is 10.3. The van der Waals surface area contributed by atoms with Crippen LogP contribution in [0.1, 0.15) is 33.6 Å². The molecule has 0 radical (unpaired) electrons. The minimum Gasteiger partial charge on any atom is -0.444 e. The number of azide groups is 1. The Labute approximate surface area is 107 Å². The molecule has 7 heteroatoms. The van der Waals surface area contributed by atoms with Crippen molar-refractivity contribution in [3.8, 4) is 0 Å². The maximum Gasteiger partial charge on any atom is 0.407 e. The minimum atomic E-state index is -0.494. The molecule has 0 heterocycles. The van der Waals surface area contributed by atoms with Gasteiger partial charge in [-0.05, 0) is 39.1 Å². The van der Waals surface area contributed by atoms with Crippen molar-refractivity contribution in [2.45, 2.75) is 45.3 Å². The summed E-state index contributed by atoms with van der Waals surface area (Å²) in [6.45, 7) is 6.28. The molecule has 0 saturated carbocycles.